The van der Waals surface area contributed by atoms with E-state index >= 15 is 0 Å². The zero-order chi connectivity index (χ0) is 14.4. The monoisotopic (exact) mass is 338 g/mol. The highest BCUT2D eigenvalue weighted by Crippen LogP contribution is 2.28. The maximum atomic E-state index is 3.64. The van der Waals surface area contributed by atoms with E-state index in [1.54, 1.807) is 0 Å². The van der Waals surface area contributed by atoms with E-state index in [9.17, 15) is 0 Å². The van der Waals surface area contributed by atoms with Crippen LogP contribution in [0.4, 0.5) is 0 Å². The summed E-state index contributed by atoms with van der Waals surface area (Å²) in [6, 6.07) is 10.1. The van der Waals surface area contributed by atoms with Crippen molar-refractivity contribution >= 4 is 15.9 Å². The van der Waals surface area contributed by atoms with Crippen LogP contribution in [0.5, 0.6) is 0 Å². The maximum absolute atomic E-state index is 3.64. The third-order valence-electron chi connectivity index (χ3n) is 3.98. The van der Waals surface area contributed by atoms with Gasteiger partial charge in [0, 0.05) is 23.1 Å². The quantitative estimate of drug-likeness (QED) is 0.719. The molecule has 1 aromatic carbocycles. The Morgan fingerprint density at radius 1 is 1.30 bits per heavy atom. The van der Waals surface area contributed by atoms with Gasteiger partial charge in [0.05, 0.1) is 0 Å². The fourth-order valence-electron chi connectivity index (χ4n) is 2.86. The van der Waals surface area contributed by atoms with Gasteiger partial charge >= 0.3 is 0 Å². The Labute approximate surface area is 132 Å². The average Bonchev–Trinajstić information content (AvgIpc) is 3.26. The van der Waals surface area contributed by atoms with Crippen molar-refractivity contribution in [1.82, 2.24) is 10.2 Å². The molecule has 1 saturated carbocycles. The van der Waals surface area contributed by atoms with E-state index in [2.05, 4.69) is 64.3 Å². The molecule has 0 amide bonds. The fourth-order valence-corrected chi connectivity index (χ4v) is 3.27. The summed E-state index contributed by atoms with van der Waals surface area (Å²) in [6.07, 6.45) is 5.27. The van der Waals surface area contributed by atoms with E-state index in [0.717, 1.165) is 12.6 Å². The van der Waals surface area contributed by atoms with Crippen molar-refractivity contribution in [3.63, 3.8) is 0 Å². The topological polar surface area (TPSA) is 15.3 Å². The molecular formula is C17H27BrN2. The fraction of sp³-hybridized carbons (Fsp3) is 0.647. The number of hydrogen-bond acceptors (Lipinski definition) is 2. The number of hydrogen-bond donors (Lipinski definition) is 1. The molecule has 2 nitrogen and oxygen atoms in total. The summed E-state index contributed by atoms with van der Waals surface area (Å²) < 4.78 is 1.17. The average molecular weight is 339 g/mol. The Morgan fingerprint density at radius 2 is 2.10 bits per heavy atom. The van der Waals surface area contributed by atoms with E-state index in [-0.39, 0.29) is 0 Å². The van der Waals surface area contributed by atoms with Gasteiger partial charge in [-0.25, -0.2) is 0 Å². The van der Waals surface area contributed by atoms with Gasteiger partial charge < -0.3 is 10.2 Å². The van der Waals surface area contributed by atoms with Crippen LogP contribution in [0.3, 0.4) is 0 Å². The van der Waals surface area contributed by atoms with Crippen molar-refractivity contribution in [3.05, 3.63) is 34.3 Å². The van der Waals surface area contributed by atoms with Crippen LogP contribution in [0, 0.1) is 0 Å². The van der Waals surface area contributed by atoms with Gasteiger partial charge in [0.2, 0.25) is 0 Å². The molecule has 3 heteroatoms. The Kier molecular flexibility index (Phi) is 6.53. The van der Waals surface area contributed by atoms with Crippen molar-refractivity contribution in [2.24, 2.45) is 0 Å². The van der Waals surface area contributed by atoms with E-state index in [4.69, 9.17) is 0 Å². The first-order chi connectivity index (χ1) is 9.74. The molecule has 1 unspecified atom stereocenters. The second-order valence-electron chi connectivity index (χ2n) is 5.72. The van der Waals surface area contributed by atoms with Crippen LogP contribution in [0.25, 0.3) is 0 Å². The first kappa shape index (κ1) is 16.0. The lowest BCUT2D eigenvalue weighted by Gasteiger charge is -2.25. The number of halogens is 1. The smallest absolute Gasteiger partial charge is 0.0332 e. The Morgan fingerprint density at radius 3 is 2.70 bits per heavy atom. The molecule has 1 aromatic rings. The third-order valence-corrected chi connectivity index (χ3v) is 4.47. The maximum Gasteiger partial charge on any atom is 0.0332 e. The van der Waals surface area contributed by atoms with E-state index < -0.39 is 0 Å². The lowest BCUT2D eigenvalue weighted by Crippen LogP contribution is -2.31. The van der Waals surface area contributed by atoms with Crippen molar-refractivity contribution < 1.29 is 0 Å². The summed E-state index contributed by atoms with van der Waals surface area (Å²) in [6.45, 7) is 7.96. The molecule has 0 heterocycles. The van der Waals surface area contributed by atoms with Crippen molar-refractivity contribution in [2.75, 3.05) is 19.6 Å². The number of rotatable bonds is 9. The molecule has 1 fully saturated rings. The summed E-state index contributed by atoms with van der Waals surface area (Å²) in [5.41, 5.74) is 1.40. The summed E-state index contributed by atoms with van der Waals surface area (Å²) in [7, 11) is 0. The van der Waals surface area contributed by atoms with Gasteiger partial charge in [-0.3, -0.25) is 0 Å². The first-order valence-electron chi connectivity index (χ1n) is 7.97. The minimum absolute atomic E-state index is 0.468. The van der Waals surface area contributed by atoms with Crippen LogP contribution in [-0.2, 0) is 0 Å². The number of nitrogens with zero attached hydrogens (tertiary/aromatic N) is 1. The Bertz CT molecular complexity index is 404. The van der Waals surface area contributed by atoms with Gasteiger partial charge in [0.1, 0.15) is 0 Å². The second-order valence-corrected chi connectivity index (χ2v) is 6.64. The van der Waals surface area contributed by atoms with Crippen LogP contribution >= 0.6 is 15.9 Å². The zero-order valence-corrected chi connectivity index (χ0v) is 14.3. The number of nitrogens with one attached hydrogen (secondary N) is 1. The largest absolute Gasteiger partial charge is 0.310 e. The van der Waals surface area contributed by atoms with Crippen molar-refractivity contribution in [3.8, 4) is 0 Å². The molecule has 0 saturated heterocycles. The van der Waals surface area contributed by atoms with Gasteiger partial charge in [0.15, 0.2) is 0 Å². The van der Waals surface area contributed by atoms with Gasteiger partial charge in [-0.15, -0.1) is 0 Å². The molecule has 1 N–H and O–H groups in total. The van der Waals surface area contributed by atoms with E-state index in [0.29, 0.717) is 6.04 Å². The molecule has 2 rings (SSSR count). The van der Waals surface area contributed by atoms with Crippen LogP contribution in [0.1, 0.15) is 51.1 Å². The predicted octanol–water partition coefficient (Wildman–Crippen LogP) is 4.36. The Balaban J connectivity index is 1.94. The molecule has 20 heavy (non-hydrogen) atoms. The van der Waals surface area contributed by atoms with Gasteiger partial charge in [-0.1, -0.05) is 41.9 Å². The molecule has 0 radical (unpaired) electrons. The summed E-state index contributed by atoms with van der Waals surface area (Å²) >= 11 is 3.58. The highest BCUT2D eigenvalue weighted by molar-refractivity contribution is 9.10. The molecule has 0 spiro atoms. The minimum Gasteiger partial charge on any atom is -0.310 e. The third kappa shape index (κ3) is 4.87. The highest BCUT2D eigenvalue weighted by Gasteiger charge is 2.28. The predicted molar refractivity (Wildman–Crippen MR) is 90.1 cm³/mol. The minimum atomic E-state index is 0.468. The van der Waals surface area contributed by atoms with Crippen molar-refractivity contribution in [2.45, 2.75) is 51.6 Å². The summed E-state index contributed by atoms with van der Waals surface area (Å²) in [4.78, 5) is 2.68. The van der Waals surface area contributed by atoms with Gasteiger partial charge in [0.25, 0.3) is 0 Å². The normalized spacial score (nSPS) is 16.6. The first-order valence-corrected chi connectivity index (χ1v) is 8.76. The number of benzene rings is 1. The van der Waals surface area contributed by atoms with E-state index in [1.807, 2.05) is 0 Å². The van der Waals surface area contributed by atoms with Crippen LogP contribution in [-0.4, -0.2) is 30.6 Å². The Hall–Kier alpha value is -0.380. The molecule has 1 aliphatic rings. The molecule has 112 valence electrons. The SMILES string of the molecule is CCCN(CCC(NCC)c1cccc(Br)c1)C1CC1. The lowest BCUT2D eigenvalue weighted by molar-refractivity contribution is 0.247. The summed E-state index contributed by atoms with van der Waals surface area (Å²) in [5, 5.41) is 3.64. The molecule has 1 aliphatic carbocycles. The van der Waals surface area contributed by atoms with Gasteiger partial charge in [-0.2, -0.15) is 0 Å². The van der Waals surface area contributed by atoms with E-state index in [1.165, 1.54) is 48.8 Å². The van der Waals surface area contributed by atoms with Crippen molar-refractivity contribution in [1.29, 1.82) is 0 Å². The standard InChI is InChI=1S/C17H27BrN2/c1-3-11-20(16-8-9-16)12-10-17(19-4-2)14-6-5-7-15(18)13-14/h5-7,13,16-17,19H,3-4,8-12H2,1-2H3. The molecule has 1 atom stereocenters. The van der Waals surface area contributed by atoms with Crippen LogP contribution < -0.4 is 5.32 Å². The van der Waals surface area contributed by atoms with Gasteiger partial charge in [-0.05, 0) is 56.5 Å². The molecule has 0 aromatic heterocycles. The molecule has 0 bridgehead atoms. The molecule has 0 aliphatic heterocycles. The molecular weight excluding hydrogens is 312 g/mol. The van der Waals surface area contributed by atoms with Crippen LogP contribution in [0.2, 0.25) is 0 Å². The summed E-state index contributed by atoms with van der Waals surface area (Å²) in [5.74, 6) is 0. The zero-order valence-electron chi connectivity index (χ0n) is 12.7. The highest BCUT2D eigenvalue weighted by atomic mass is 79.9. The van der Waals surface area contributed by atoms with Crippen LogP contribution in [0.15, 0.2) is 28.7 Å². The lowest BCUT2D eigenvalue weighted by atomic mass is 10.0. The second kappa shape index (κ2) is 8.16.